The molecule has 1 amide bonds. The molecule has 1 aromatic heterocycles. The Kier molecular flexibility index (Phi) is 4.65. The number of nitrogens with one attached hydrogen (secondary N) is 1. The summed E-state index contributed by atoms with van der Waals surface area (Å²) in [6.45, 7) is 1.85. The van der Waals surface area contributed by atoms with Gasteiger partial charge in [0, 0.05) is 32.1 Å². The first-order valence-corrected chi connectivity index (χ1v) is 6.41. The largest absolute Gasteiger partial charge is 0.442 e. The molecule has 5 nitrogen and oxygen atoms in total. The highest BCUT2D eigenvalue weighted by Gasteiger charge is 2.14. The molecule has 0 aliphatic rings. The van der Waals surface area contributed by atoms with Gasteiger partial charge in [-0.2, -0.15) is 0 Å². The van der Waals surface area contributed by atoms with Gasteiger partial charge in [-0.15, -0.1) is 0 Å². The maximum atomic E-state index is 11.3. The van der Waals surface area contributed by atoms with Crippen molar-refractivity contribution in [1.29, 1.82) is 0 Å². The van der Waals surface area contributed by atoms with Crippen LogP contribution >= 0.6 is 0 Å². The highest BCUT2D eigenvalue weighted by atomic mass is 16.6. The van der Waals surface area contributed by atoms with Crippen LogP contribution in [0.25, 0.3) is 0 Å². The summed E-state index contributed by atoms with van der Waals surface area (Å²) < 4.78 is 5.28. The summed E-state index contributed by atoms with van der Waals surface area (Å²) in [5.74, 6) is 0. The molecule has 1 atom stereocenters. The second-order valence-electron chi connectivity index (χ2n) is 4.37. The summed E-state index contributed by atoms with van der Waals surface area (Å²) in [6, 6.07) is 7.86. The van der Waals surface area contributed by atoms with Crippen LogP contribution in [0, 0.1) is 0 Å². The SMILES string of the molecule is CNC(=O)OC(C)c1ccccc1Cc1cnccn1. The number of ether oxygens (including phenoxy) is 1. The lowest BCUT2D eigenvalue weighted by atomic mass is 9.99. The molecule has 1 heterocycles. The Hall–Kier alpha value is -2.43. The zero-order valence-electron chi connectivity index (χ0n) is 11.5. The number of alkyl carbamates (subject to hydrolysis) is 1. The number of aromatic nitrogens is 2. The third kappa shape index (κ3) is 3.54. The maximum absolute atomic E-state index is 11.3. The van der Waals surface area contributed by atoms with Gasteiger partial charge in [-0.05, 0) is 18.1 Å². The topological polar surface area (TPSA) is 64.1 Å². The van der Waals surface area contributed by atoms with E-state index in [0.29, 0.717) is 6.42 Å². The highest BCUT2D eigenvalue weighted by molar-refractivity contribution is 5.67. The molecule has 104 valence electrons. The van der Waals surface area contributed by atoms with Crippen LogP contribution in [0.1, 0.15) is 29.8 Å². The van der Waals surface area contributed by atoms with Gasteiger partial charge in [-0.25, -0.2) is 4.79 Å². The summed E-state index contributed by atoms with van der Waals surface area (Å²) in [6.07, 6.45) is 4.95. The summed E-state index contributed by atoms with van der Waals surface area (Å²) in [5, 5.41) is 2.45. The van der Waals surface area contributed by atoms with E-state index in [9.17, 15) is 4.79 Å². The Labute approximate surface area is 118 Å². The Morgan fingerprint density at radius 1 is 1.35 bits per heavy atom. The van der Waals surface area contributed by atoms with E-state index >= 15 is 0 Å². The molecular formula is C15H17N3O2. The minimum absolute atomic E-state index is 0.317. The van der Waals surface area contributed by atoms with Crippen molar-refractivity contribution in [3.05, 3.63) is 59.7 Å². The van der Waals surface area contributed by atoms with Crippen molar-refractivity contribution in [2.75, 3.05) is 7.05 Å². The van der Waals surface area contributed by atoms with Crippen LogP contribution in [0.15, 0.2) is 42.9 Å². The summed E-state index contributed by atoms with van der Waals surface area (Å²) in [5.41, 5.74) is 2.93. The maximum Gasteiger partial charge on any atom is 0.407 e. The Bertz CT molecular complexity index is 572. The lowest BCUT2D eigenvalue weighted by Gasteiger charge is -2.16. The van der Waals surface area contributed by atoms with Crippen molar-refractivity contribution in [3.8, 4) is 0 Å². The number of benzene rings is 1. The molecule has 0 bridgehead atoms. The van der Waals surface area contributed by atoms with Gasteiger partial charge in [0.05, 0.1) is 5.69 Å². The first-order valence-electron chi connectivity index (χ1n) is 6.41. The number of nitrogens with zero attached hydrogens (tertiary/aromatic N) is 2. The zero-order chi connectivity index (χ0) is 14.4. The molecule has 0 radical (unpaired) electrons. The van der Waals surface area contributed by atoms with Crippen LogP contribution in [0.4, 0.5) is 4.79 Å². The molecule has 20 heavy (non-hydrogen) atoms. The molecular weight excluding hydrogens is 254 g/mol. The molecule has 0 spiro atoms. The van der Waals surface area contributed by atoms with E-state index < -0.39 is 6.09 Å². The summed E-state index contributed by atoms with van der Waals surface area (Å²) in [7, 11) is 1.54. The number of hydrogen-bond acceptors (Lipinski definition) is 4. The number of rotatable bonds is 4. The predicted octanol–water partition coefficient (Wildman–Crippen LogP) is 2.48. The molecule has 0 fully saturated rings. The lowest BCUT2D eigenvalue weighted by molar-refractivity contribution is 0.109. The third-order valence-electron chi connectivity index (χ3n) is 2.97. The first-order chi connectivity index (χ1) is 9.70. The van der Waals surface area contributed by atoms with Crippen LogP contribution in [-0.4, -0.2) is 23.1 Å². The standard InChI is InChI=1S/C15H17N3O2/c1-11(20-15(19)16-2)14-6-4-3-5-12(14)9-13-10-17-7-8-18-13/h3-8,10-11H,9H2,1-2H3,(H,16,19). The van der Waals surface area contributed by atoms with Gasteiger partial charge >= 0.3 is 6.09 Å². The fourth-order valence-corrected chi connectivity index (χ4v) is 1.99. The quantitative estimate of drug-likeness (QED) is 0.928. The number of hydrogen-bond donors (Lipinski definition) is 1. The highest BCUT2D eigenvalue weighted by Crippen LogP contribution is 2.22. The van der Waals surface area contributed by atoms with Crippen LogP contribution in [-0.2, 0) is 11.2 Å². The van der Waals surface area contributed by atoms with E-state index in [1.165, 1.54) is 0 Å². The van der Waals surface area contributed by atoms with Gasteiger partial charge in [-0.3, -0.25) is 9.97 Å². The fraction of sp³-hybridized carbons (Fsp3) is 0.267. The van der Waals surface area contributed by atoms with Gasteiger partial charge in [0.1, 0.15) is 6.10 Å². The summed E-state index contributed by atoms with van der Waals surface area (Å²) in [4.78, 5) is 19.6. The smallest absolute Gasteiger partial charge is 0.407 e. The van der Waals surface area contributed by atoms with Crippen molar-refractivity contribution in [1.82, 2.24) is 15.3 Å². The molecule has 1 N–H and O–H groups in total. The molecule has 2 aromatic rings. The average molecular weight is 271 g/mol. The van der Waals surface area contributed by atoms with Crippen LogP contribution < -0.4 is 5.32 Å². The number of carbonyl (C=O) groups is 1. The lowest BCUT2D eigenvalue weighted by Crippen LogP contribution is -2.21. The van der Waals surface area contributed by atoms with Crippen molar-refractivity contribution in [2.24, 2.45) is 0 Å². The van der Waals surface area contributed by atoms with Crippen molar-refractivity contribution in [3.63, 3.8) is 0 Å². The molecule has 1 aromatic carbocycles. The minimum atomic E-state index is -0.438. The minimum Gasteiger partial charge on any atom is -0.442 e. The van der Waals surface area contributed by atoms with Gasteiger partial charge in [-0.1, -0.05) is 24.3 Å². The molecule has 1 unspecified atom stereocenters. The number of amides is 1. The number of carbonyl (C=O) groups excluding carboxylic acids is 1. The Morgan fingerprint density at radius 2 is 2.15 bits per heavy atom. The van der Waals surface area contributed by atoms with Crippen molar-refractivity contribution in [2.45, 2.75) is 19.4 Å². The second-order valence-corrected chi connectivity index (χ2v) is 4.37. The summed E-state index contributed by atoms with van der Waals surface area (Å²) >= 11 is 0. The average Bonchev–Trinajstić information content (AvgIpc) is 2.48. The van der Waals surface area contributed by atoms with E-state index in [2.05, 4.69) is 15.3 Å². The third-order valence-corrected chi connectivity index (χ3v) is 2.97. The molecule has 2 rings (SSSR count). The Morgan fingerprint density at radius 3 is 2.85 bits per heavy atom. The van der Waals surface area contributed by atoms with E-state index in [1.807, 2.05) is 31.2 Å². The fourth-order valence-electron chi connectivity index (χ4n) is 1.99. The first kappa shape index (κ1) is 14.0. The Balaban J connectivity index is 2.20. The second kappa shape index (κ2) is 6.65. The van der Waals surface area contributed by atoms with Crippen molar-refractivity contribution >= 4 is 6.09 Å². The molecule has 5 heteroatoms. The van der Waals surface area contributed by atoms with E-state index in [-0.39, 0.29) is 6.10 Å². The van der Waals surface area contributed by atoms with Gasteiger partial charge in [0.25, 0.3) is 0 Å². The monoisotopic (exact) mass is 271 g/mol. The van der Waals surface area contributed by atoms with Crippen molar-refractivity contribution < 1.29 is 9.53 Å². The van der Waals surface area contributed by atoms with E-state index in [0.717, 1.165) is 16.8 Å². The van der Waals surface area contributed by atoms with E-state index in [4.69, 9.17) is 4.74 Å². The predicted molar refractivity (Wildman–Crippen MR) is 75.2 cm³/mol. The van der Waals surface area contributed by atoms with Gasteiger partial charge < -0.3 is 10.1 Å². The van der Waals surface area contributed by atoms with Crippen LogP contribution in [0.3, 0.4) is 0 Å². The van der Waals surface area contributed by atoms with Crippen LogP contribution in [0.2, 0.25) is 0 Å². The molecule has 0 saturated carbocycles. The molecule has 0 aliphatic heterocycles. The molecule has 0 aliphatic carbocycles. The van der Waals surface area contributed by atoms with Gasteiger partial charge in [0.2, 0.25) is 0 Å². The van der Waals surface area contributed by atoms with Crippen LogP contribution in [0.5, 0.6) is 0 Å². The molecule has 0 saturated heterocycles. The zero-order valence-corrected chi connectivity index (χ0v) is 11.5. The van der Waals surface area contributed by atoms with E-state index in [1.54, 1.807) is 25.6 Å². The van der Waals surface area contributed by atoms with Gasteiger partial charge in [0.15, 0.2) is 0 Å². The normalized spacial score (nSPS) is 11.7.